The third-order valence-electron chi connectivity index (χ3n) is 11.0. The molecule has 0 amide bonds. The summed E-state index contributed by atoms with van der Waals surface area (Å²) in [7, 11) is 0. The highest BCUT2D eigenvalue weighted by atomic mass is 35.5. The van der Waals surface area contributed by atoms with Crippen molar-refractivity contribution in [2.75, 3.05) is 6.54 Å². The van der Waals surface area contributed by atoms with Crippen molar-refractivity contribution in [3.63, 3.8) is 0 Å². The molecule has 9 atom stereocenters. The number of rotatable bonds is 4. The van der Waals surface area contributed by atoms with Gasteiger partial charge in [-0.25, -0.2) is 9.59 Å². The van der Waals surface area contributed by atoms with E-state index in [2.05, 4.69) is 49.3 Å². The number of esters is 3. The van der Waals surface area contributed by atoms with Crippen molar-refractivity contribution in [2.24, 2.45) is 28.6 Å². The minimum absolute atomic E-state index is 0.225. The van der Waals surface area contributed by atoms with Crippen LogP contribution in [0.3, 0.4) is 0 Å². The molecular formula is C35H40ClNO9S. The Morgan fingerprint density at radius 2 is 1.87 bits per heavy atom. The fourth-order valence-corrected chi connectivity index (χ4v) is 10.5. The zero-order valence-corrected chi connectivity index (χ0v) is 28.5. The molecule has 7 aliphatic rings. The van der Waals surface area contributed by atoms with Crippen LogP contribution in [0, 0.1) is 28.6 Å². The van der Waals surface area contributed by atoms with Crippen LogP contribution < -0.4 is 0 Å². The predicted molar refractivity (Wildman–Crippen MR) is 170 cm³/mol. The van der Waals surface area contributed by atoms with Crippen LogP contribution in [0.4, 0.5) is 0 Å². The van der Waals surface area contributed by atoms with Crippen LogP contribution in [0.1, 0.15) is 63.0 Å². The summed E-state index contributed by atoms with van der Waals surface area (Å²) in [5.74, 6) is -1.79. The van der Waals surface area contributed by atoms with Crippen molar-refractivity contribution >= 4 is 47.3 Å². The number of fused-ring (bicyclic) bond motifs is 2. The summed E-state index contributed by atoms with van der Waals surface area (Å²) in [5.41, 5.74) is -0.606. The van der Waals surface area contributed by atoms with E-state index < -0.39 is 64.8 Å². The zero-order chi connectivity index (χ0) is 33.3. The Morgan fingerprint density at radius 3 is 2.62 bits per heavy atom. The van der Waals surface area contributed by atoms with Gasteiger partial charge in [0.15, 0.2) is 5.60 Å². The van der Waals surface area contributed by atoms with Crippen molar-refractivity contribution in [3.05, 3.63) is 56.7 Å². The van der Waals surface area contributed by atoms with Gasteiger partial charge in [0.2, 0.25) is 12.4 Å². The molecule has 7 unspecified atom stereocenters. The smallest absolute Gasteiger partial charge is 0.350 e. The predicted octanol–water partition coefficient (Wildman–Crippen LogP) is 5.08. The number of nitrogens with zero attached hydrogens (tertiary/aromatic N) is 1. The Labute approximate surface area is 283 Å². The summed E-state index contributed by atoms with van der Waals surface area (Å²) in [5, 5.41) is 3.08. The minimum Gasteiger partial charge on any atom is -0.462 e. The lowest BCUT2D eigenvalue weighted by molar-refractivity contribution is -0.204. The molecular weight excluding hydrogens is 646 g/mol. The molecule has 2 aliphatic carbocycles. The molecule has 12 heteroatoms. The van der Waals surface area contributed by atoms with Crippen molar-refractivity contribution in [3.8, 4) is 0 Å². The molecule has 0 radical (unpaired) electrons. The van der Waals surface area contributed by atoms with E-state index >= 15 is 0 Å². The van der Waals surface area contributed by atoms with Gasteiger partial charge < -0.3 is 23.7 Å². The summed E-state index contributed by atoms with van der Waals surface area (Å²) in [4.78, 5) is 52.6. The average Bonchev–Trinajstić information content (AvgIpc) is 3.85. The third-order valence-corrected chi connectivity index (χ3v) is 12.4. The molecule has 2 spiro atoms. The summed E-state index contributed by atoms with van der Waals surface area (Å²) in [6.45, 7) is 11.6. The van der Waals surface area contributed by atoms with E-state index in [1.807, 2.05) is 23.5 Å². The molecule has 1 aromatic carbocycles. The molecule has 2 aromatic rings. The lowest BCUT2D eigenvalue weighted by atomic mass is 9.57. The molecule has 2 saturated carbocycles. The van der Waals surface area contributed by atoms with Gasteiger partial charge in [-0.2, -0.15) is 0 Å². The highest BCUT2D eigenvalue weighted by Gasteiger charge is 2.96. The quantitative estimate of drug-likeness (QED) is 0.245. The number of hydrogen-bond donors (Lipinski definition) is 0. The fourth-order valence-electron chi connectivity index (χ4n) is 9.46. The van der Waals surface area contributed by atoms with Gasteiger partial charge >= 0.3 is 17.9 Å². The number of ether oxygens (including phenoxy) is 5. The number of carbonyl (C=O) groups excluding carboxylic acids is 4. The van der Waals surface area contributed by atoms with E-state index in [-0.39, 0.29) is 12.4 Å². The largest absolute Gasteiger partial charge is 0.462 e. The summed E-state index contributed by atoms with van der Waals surface area (Å²) >= 11 is 8.08. The Kier molecular flexibility index (Phi) is 8.21. The second kappa shape index (κ2) is 11.9. The Morgan fingerprint density at radius 1 is 1.11 bits per heavy atom. The second-order valence-electron chi connectivity index (χ2n) is 14.3. The number of benzene rings is 1. The first kappa shape index (κ1) is 32.6. The van der Waals surface area contributed by atoms with Crippen molar-refractivity contribution in [1.29, 1.82) is 0 Å². The van der Waals surface area contributed by atoms with Gasteiger partial charge in [-0.05, 0) is 60.2 Å². The Bertz CT molecular complexity index is 1590. The van der Waals surface area contributed by atoms with Crippen LogP contribution in [-0.2, 0) is 62.4 Å². The first-order valence-electron chi connectivity index (χ1n) is 16.4. The van der Waals surface area contributed by atoms with E-state index in [9.17, 15) is 19.2 Å². The molecule has 10 nitrogen and oxygen atoms in total. The molecule has 1 aromatic heterocycles. The van der Waals surface area contributed by atoms with Gasteiger partial charge in [0.25, 0.3) is 6.47 Å². The van der Waals surface area contributed by atoms with E-state index in [0.29, 0.717) is 19.3 Å². The van der Waals surface area contributed by atoms with Gasteiger partial charge in [-0.1, -0.05) is 57.5 Å². The van der Waals surface area contributed by atoms with E-state index in [4.69, 9.17) is 35.3 Å². The van der Waals surface area contributed by atoms with Crippen molar-refractivity contribution in [1.82, 2.24) is 4.90 Å². The Balaban J connectivity index is 0.000000144. The highest BCUT2D eigenvalue weighted by molar-refractivity contribution is 7.10. The van der Waals surface area contributed by atoms with E-state index in [1.54, 1.807) is 11.8 Å². The van der Waals surface area contributed by atoms with Crippen LogP contribution in [0.5, 0.6) is 0 Å². The van der Waals surface area contributed by atoms with Crippen LogP contribution in [0.2, 0.25) is 5.02 Å². The summed E-state index contributed by atoms with van der Waals surface area (Å²) < 4.78 is 28.0. The van der Waals surface area contributed by atoms with E-state index in [1.165, 1.54) is 17.5 Å². The van der Waals surface area contributed by atoms with Gasteiger partial charge in [0, 0.05) is 35.5 Å². The number of carbonyl (C=O) groups is 4. The lowest BCUT2D eigenvalue weighted by Crippen LogP contribution is -2.57. The van der Waals surface area contributed by atoms with Gasteiger partial charge in [0.05, 0.1) is 16.7 Å². The maximum absolute atomic E-state index is 13.0. The molecule has 0 bridgehead atoms. The molecule has 6 heterocycles. The average molecular weight is 686 g/mol. The monoisotopic (exact) mass is 685 g/mol. The van der Waals surface area contributed by atoms with E-state index in [0.717, 1.165) is 30.6 Å². The first-order valence-corrected chi connectivity index (χ1v) is 17.7. The fraction of sp³-hybridized carbons (Fsp3) is 0.600. The standard InChI is InChI=1S/C17H16O9.C14H14ClNS.C4H10/c1-6-9-7(23-11(6)19)4-16-8-2-3-15(16)10(22-5-18)12(20)25-14(15)26-17(9,16)13(21)24-8;15-13-4-2-1-3-11(13)9-16-7-5-14-12(10-16)6-8-17-14;1-4(2)3/h5-10,14H,2-4H2,1H3;1-4,6,8H,5,7,9-10H2;4H,1-3H3/t6-,7?,8?,9?,10?,14-,15?,16?,17?;;/m0../s1. The SMILES string of the molecule is CC(C)C.C[C@@H]1C(=O)OC2CC34C5CCC36C(OC=O)C(=O)O[C@H]6OC4(C(=O)O5)C21.Clc1ccccc1CN1CCc2sccc2C1. The van der Waals surface area contributed by atoms with Gasteiger partial charge in [-0.15, -0.1) is 11.3 Å². The minimum atomic E-state index is -1.42. The zero-order valence-electron chi connectivity index (χ0n) is 26.9. The van der Waals surface area contributed by atoms with Crippen LogP contribution in [0.25, 0.3) is 0 Å². The van der Waals surface area contributed by atoms with Gasteiger partial charge in [-0.3, -0.25) is 14.5 Å². The number of halogens is 1. The maximum Gasteiger partial charge on any atom is 0.350 e. The van der Waals surface area contributed by atoms with Crippen molar-refractivity contribution in [2.45, 2.75) is 96.7 Å². The molecule has 252 valence electrons. The molecule has 6 fully saturated rings. The highest BCUT2D eigenvalue weighted by Crippen LogP contribution is 2.81. The van der Waals surface area contributed by atoms with Crippen molar-refractivity contribution < 1.29 is 42.9 Å². The molecule has 5 aliphatic heterocycles. The normalized spacial score (nSPS) is 38.5. The van der Waals surface area contributed by atoms with Gasteiger partial charge in [0.1, 0.15) is 12.2 Å². The third kappa shape index (κ3) is 4.56. The van der Waals surface area contributed by atoms with Crippen LogP contribution in [0.15, 0.2) is 35.7 Å². The van der Waals surface area contributed by atoms with Crippen LogP contribution in [-0.4, -0.2) is 66.0 Å². The molecule has 0 N–H and O–H groups in total. The topological polar surface area (TPSA) is 118 Å². The molecule has 47 heavy (non-hydrogen) atoms. The van der Waals surface area contributed by atoms with Crippen LogP contribution >= 0.6 is 22.9 Å². The summed E-state index contributed by atoms with van der Waals surface area (Å²) in [6.07, 6.45) is -0.639. The molecule has 9 rings (SSSR count). The number of hydrogen-bond acceptors (Lipinski definition) is 11. The Hall–Kier alpha value is -2.99. The second-order valence-corrected chi connectivity index (χ2v) is 15.7. The first-order chi connectivity index (χ1) is 22.5. The summed E-state index contributed by atoms with van der Waals surface area (Å²) in [6, 6.07) is 10.4. The molecule has 4 saturated heterocycles. The number of thiophene rings is 1. The maximum atomic E-state index is 13.0. The lowest BCUT2D eigenvalue weighted by Gasteiger charge is -2.40.